The largest absolute Gasteiger partial charge is 0.393 e. The molecule has 1 aliphatic rings. The summed E-state index contributed by atoms with van der Waals surface area (Å²) in [6.07, 6.45) is 4.13. The van der Waals surface area contributed by atoms with E-state index in [0.29, 0.717) is 6.10 Å². The van der Waals surface area contributed by atoms with Crippen LogP contribution in [0.2, 0.25) is 0 Å². The van der Waals surface area contributed by atoms with Gasteiger partial charge in [-0.05, 0) is 19.3 Å². The molecule has 2 heteroatoms. The summed E-state index contributed by atoms with van der Waals surface area (Å²) in [4.78, 5) is 0. The molecule has 1 N–H and O–H groups in total. The van der Waals surface area contributed by atoms with Crippen LogP contribution in [0.25, 0.3) is 0 Å². The van der Waals surface area contributed by atoms with Crippen molar-refractivity contribution in [3.05, 3.63) is 0 Å². The molecular formula is C8H16O2. The summed E-state index contributed by atoms with van der Waals surface area (Å²) in [5.74, 6) is 0. The average Bonchev–Trinajstić information content (AvgIpc) is 1.88. The fourth-order valence-electron chi connectivity index (χ4n) is 1.38. The Balaban J connectivity index is 2.18. The van der Waals surface area contributed by atoms with Gasteiger partial charge in [0.15, 0.2) is 0 Å². The lowest BCUT2D eigenvalue weighted by Gasteiger charge is -2.25. The van der Waals surface area contributed by atoms with Crippen LogP contribution in [0.1, 0.15) is 32.6 Å². The maximum Gasteiger partial charge on any atom is 0.0599 e. The fraction of sp³-hybridized carbons (Fsp3) is 1.00. The Labute approximate surface area is 62.2 Å². The molecule has 0 amide bonds. The van der Waals surface area contributed by atoms with Crippen LogP contribution < -0.4 is 0 Å². The molecule has 2 nitrogen and oxygen atoms in total. The Hall–Kier alpha value is -0.0800. The fourth-order valence-corrected chi connectivity index (χ4v) is 1.38. The summed E-state index contributed by atoms with van der Waals surface area (Å²) in [6, 6.07) is 0. The summed E-state index contributed by atoms with van der Waals surface area (Å²) in [5, 5.41) is 9.23. The molecule has 1 fully saturated rings. The summed E-state index contributed by atoms with van der Waals surface area (Å²) < 4.78 is 5.43. The monoisotopic (exact) mass is 144 g/mol. The Bertz CT molecular complexity index is 91.3. The van der Waals surface area contributed by atoms with Crippen molar-refractivity contribution < 1.29 is 9.84 Å². The van der Waals surface area contributed by atoms with Gasteiger partial charge < -0.3 is 9.84 Å². The SMILES string of the molecule is CCC[C@@H]1C[C@@H](O)CCO1. The summed E-state index contributed by atoms with van der Waals surface area (Å²) in [6.45, 7) is 2.89. The van der Waals surface area contributed by atoms with Crippen LogP contribution in [0.3, 0.4) is 0 Å². The van der Waals surface area contributed by atoms with Crippen LogP contribution in [-0.2, 0) is 4.74 Å². The van der Waals surface area contributed by atoms with E-state index < -0.39 is 0 Å². The quantitative estimate of drug-likeness (QED) is 0.633. The molecule has 1 rings (SSSR count). The molecule has 0 aromatic heterocycles. The maximum atomic E-state index is 9.23. The predicted molar refractivity (Wildman–Crippen MR) is 39.9 cm³/mol. The van der Waals surface area contributed by atoms with E-state index in [1.165, 1.54) is 0 Å². The number of aliphatic hydroxyl groups excluding tert-OH is 1. The third-order valence-corrected chi connectivity index (χ3v) is 1.95. The minimum Gasteiger partial charge on any atom is -0.393 e. The van der Waals surface area contributed by atoms with Gasteiger partial charge in [-0.3, -0.25) is 0 Å². The molecule has 1 aliphatic heterocycles. The van der Waals surface area contributed by atoms with Crippen molar-refractivity contribution in [3.8, 4) is 0 Å². The lowest BCUT2D eigenvalue weighted by Crippen LogP contribution is -2.28. The van der Waals surface area contributed by atoms with Gasteiger partial charge in [-0.1, -0.05) is 13.3 Å². The summed E-state index contributed by atoms with van der Waals surface area (Å²) in [7, 11) is 0. The zero-order chi connectivity index (χ0) is 7.40. The van der Waals surface area contributed by atoms with Crippen molar-refractivity contribution >= 4 is 0 Å². The van der Waals surface area contributed by atoms with Crippen LogP contribution in [0.5, 0.6) is 0 Å². The highest BCUT2D eigenvalue weighted by Gasteiger charge is 2.19. The first-order valence-electron chi connectivity index (χ1n) is 4.12. The molecule has 1 heterocycles. The zero-order valence-electron chi connectivity index (χ0n) is 6.55. The van der Waals surface area contributed by atoms with Crippen molar-refractivity contribution in [2.24, 2.45) is 0 Å². The maximum absolute atomic E-state index is 9.23. The molecule has 0 aliphatic carbocycles. The van der Waals surface area contributed by atoms with Crippen LogP contribution in [0.4, 0.5) is 0 Å². The highest BCUT2D eigenvalue weighted by atomic mass is 16.5. The molecule has 60 valence electrons. The molecule has 10 heavy (non-hydrogen) atoms. The van der Waals surface area contributed by atoms with Crippen LogP contribution in [0, 0.1) is 0 Å². The molecule has 1 saturated heterocycles. The van der Waals surface area contributed by atoms with Crippen LogP contribution >= 0.6 is 0 Å². The van der Waals surface area contributed by atoms with Crippen molar-refractivity contribution in [2.45, 2.75) is 44.8 Å². The van der Waals surface area contributed by atoms with Gasteiger partial charge in [0.1, 0.15) is 0 Å². The van der Waals surface area contributed by atoms with Gasteiger partial charge in [-0.2, -0.15) is 0 Å². The molecular weight excluding hydrogens is 128 g/mol. The third kappa shape index (κ3) is 2.27. The molecule has 0 radical (unpaired) electrons. The summed E-state index contributed by atoms with van der Waals surface area (Å²) in [5.41, 5.74) is 0. The number of hydrogen-bond donors (Lipinski definition) is 1. The molecule has 2 atom stereocenters. The van der Waals surface area contributed by atoms with Crippen molar-refractivity contribution in [2.75, 3.05) is 6.61 Å². The Morgan fingerprint density at radius 1 is 1.60 bits per heavy atom. The standard InChI is InChI=1S/C8H16O2/c1-2-3-8-6-7(9)4-5-10-8/h7-9H,2-6H2,1H3/t7-,8+/m0/s1. The first kappa shape index (κ1) is 8.02. The summed E-state index contributed by atoms with van der Waals surface area (Å²) >= 11 is 0. The first-order valence-corrected chi connectivity index (χ1v) is 4.12. The highest BCUT2D eigenvalue weighted by Crippen LogP contribution is 2.17. The van der Waals surface area contributed by atoms with E-state index in [-0.39, 0.29) is 6.10 Å². The Morgan fingerprint density at radius 3 is 3.00 bits per heavy atom. The van der Waals surface area contributed by atoms with Crippen molar-refractivity contribution in [1.82, 2.24) is 0 Å². The van der Waals surface area contributed by atoms with E-state index in [2.05, 4.69) is 6.92 Å². The second-order valence-corrected chi connectivity index (χ2v) is 2.96. The van der Waals surface area contributed by atoms with Gasteiger partial charge in [-0.15, -0.1) is 0 Å². The predicted octanol–water partition coefficient (Wildman–Crippen LogP) is 1.33. The van der Waals surface area contributed by atoms with Crippen molar-refractivity contribution in [1.29, 1.82) is 0 Å². The smallest absolute Gasteiger partial charge is 0.0599 e. The topological polar surface area (TPSA) is 29.5 Å². The number of hydrogen-bond acceptors (Lipinski definition) is 2. The molecule has 0 aromatic carbocycles. The normalized spacial score (nSPS) is 34.2. The minimum atomic E-state index is -0.106. The van der Waals surface area contributed by atoms with Crippen LogP contribution in [-0.4, -0.2) is 23.9 Å². The van der Waals surface area contributed by atoms with Gasteiger partial charge in [0.05, 0.1) is 12.2 Å². The second kappa shape index (κ2) is 3.94. The zero-order valence-corrected chi connectivity index (χ0v) is 6.55. The number of ether oxygens (including phenoxy) is 1. The average molecular weight is 144 g/mol. The lowest BCUT2D eigenvalue weighted by molar-refractivity contribution is -0.0463. The minimum absolute atomic E-state index is 0.106. The molecule has 0 unspecified atom stereocenters. The Morgan fingerprint density at radius 2 is 2.40 bits per heavy atom. The van der Waals surface area contributed by atoms with E-state index in [0.717, 1.165) is 32.3 Å². The van der Waals surface area contributed by atoms with Gasteiger partial charge >= 0.3 is 0 Å². The van der Waals surface area contributed by atoms with Crippen molar-refractivity contribution in [3.63, 3.8) is 0 Å². The van der Waals surface area contributed by atoms with E-state index in [1.807, 2.05) is 0 Å². The van der Waals surface area contributed by atoms with Crippen LogP contribution in [0.15, 0.2) is 0 Å². The van der Waals surface area contributed by atoms with Gasteiger partial charge in [0, 0.05) is 6.61 Å². The third-order valence-electron chi connectivity index (χ3n) is 1.95. The van der Waals surface area contributed by atoms with E-state index in [4.69, 9.17) is 4.74 Å². The Kier molecular flexibility index (Phi) is 3.16. The van der Waals surface area contributed by atoms with Gasteiger partial charge in [-0.25, -0.2) is 0 Å². The number of aliphatic hydroxyl groups is 1. The molecule has 0 aromatic rings. The molecule has 0 bridgehead atoms. The van der Waals surface area contributed by atoms with E-state index in [1.54, 1.807) is 0 Å². The molecule has 0 spiro atoms. The lowest BCUT2D eigenvalue weighted by atomic mass is 10.0. The molecule has 0 saturated carbocycles. The van der Waals surface area contributed by atoms with E-state index >= 15 is 0 Å². The van der Waals surface area contributed by atoms with E-state index in [9.17, 15) is 5.11 Å². The van der Waals surface area contributed by atoms with Gasteiger partial charge in [0.2, 0.25) is 0 Å². The first-order chi connectivity index (χ1) is 4.83. The van der Waals surface area contributed by atoms with Gasteiger partial charge in [0.25, 0.3) is 0 Å². The highest BCUT2D eigenvalue weighted by molar-refractivity contribution is 4.69. The number of rotatable bonds is 2. The second-order valence-electron chi connectivity index (χ2n) is 2.96.